The van der Waals surface area contributed by atoms with Crippen molar-refractivity contribution in [1.29, 1.82) is 0 Å². The minimum Gasteiger partial charge on any atom is -0.462 e. The Hall–Kier alpha value is -4.07. The van der Waals surface area contributed by atoms with Crippen LogP contribution < -0.4 is 11.0 Å². The second-order valence-electron chi connectivity index (χ2n) is 9.01. The molecule has 0 aliphatic heterocycles. The highest BCUT2D eigenvalue weighted by molar-refractivity contribution is 5.94. The van der Waals surface area contributed by atoms with Crippen LogP contribution in [0.15, 0.2) is 70.6 Å². The lowest BCUT2D eigenvalue weighted by atomic mass is 9.96. The SMILES string of the molecule is CCOC(=O)c1cc2c(=O)n3ccccc3nc2n(CC(C)C)c1=NC(=O)[C@@H](CC)c1ccccc1. The summed E-state index contributed by atoms with van der Waals surface area (Å²) in [6.07, 6.45) is 2.18. The molecule has 0 aliphatic rings. The van der Waals surface area contributed by atoms with E-state index in [9.17, 15) is 14.4 Å². The molecule has 0 bridgehead atoms. The van der Waals surface area contributed by atoms with Gasteiger partial charge in [-0.15, -0.1) is 0 Å². The maximum atomic E-state index is 13.5. The molecule has 1 atom stereocenters. The third-order valence-electron chi connectivity index (χ3n) is 5.96. The van der Waals surface area contributed by atoms with Gasteiger partial charge in [0.1, 0.15) is 16.9 Å². The van der Waals surface area contributed by atoms with Crippen molar-refractivity contribution in [2.75, 3.05) is 6.61 Å². The predicted octanol–water partition coefficient (Wildman–Crippen LogP) is 4.10. The number of pyridine rings is 2. The number of rotatable bonds is 7. The number of benzene rings is 1. The van der Waals surface area contributed by atoms with Crippen LogP contribution in [-0.2, 0) is 16.1 Å². The predicted molar refractivity (Wildman–Crippen MR) is 138 cm³/mol. The van der Waals surface area contributed by atoms with Gasteiger partial charge in [-0.1, -0.05) is 57.2 Å². The Morgan fingerprint density at radius 3 is 2.44 bits per heavy atom. The van der Waals surface area contributed by atoms with E-state index in [1.54, 1.807) is 35.9 Å². The van der Waals surface area contributed by atoms with Gasteiger partial charge in [0, 0.05) is 12.7 Å². The lowest BCUT2D eigenvalue weighted by Gasteiger charge is -2.17. The largest absolute Gasteiger partial charge is 0.462 e. The maximum absolute atomic E-state index is 13.5. The van der Waals surface area contributed by atoms with E-state index in [2.05, 4.69) is 4.99 Å². The van der Waals surface area contributed by atoms with Crippen LogP contribution >= 0.6 is 0 Å². The zero-order valence-electron chi connectivity index (χ0n) is 21.0. The van der Waals surface area contributed by atoms with Crippen molar-refractivity contribution in [3.05, 3.63) is 87.8 Å². The molecule has 186 valence electrons. The summed E-state index contributed by atoms with van der Waals surface area (Å²) in [7, 11) is 0. The normalized spacial score (nSPS) is 12.9. The first-order valence-corrected chi connectivity index (χ1v) is 12.2. The molecule has 8 nitrogen and oxygen atoms in total. The maximum Gasteiger partial charge on any atom is 0.341 e. The molecule has 0 radical (unpaired) electrons. The fraction of sp³-hybridized carbons (Fsp3) is 0.321. The van der Waals surface area contributed by atoms with E-state index in [1.165, 1.54) is 10.5 Å². The number of amides is 1. The van der Waals surface area contributed by atoms with Crippen LogP contribution in [0.2, 0.25) is 0 Å². The minimum absolute atomic E-state index is 0.0658. The van der Waals surface area contributed by atoms with E-state index in [0.717, 1.165) is 5.56 Å². The molecule has 0 fully saturated rings. The van der Waals surface area contributed by atoms with E-state index in [1.807, 2.05) is 51.1 Å². The summed E-state index contributed by atoms with van der Waals surface area (Å²) in [5.41, 5.74) is 1.59. The van der Waals surface area contributed by atoms with Gasteiger partial charge in [-0.25, -0.2) is 9.78 Å². The molecule has 3 aromatic heterocycles. The molecule has 8 heteroatoms. The van der Waals surface area contributed by atoms with Crippen molar-refractivity contribution >= 4 is 28.6 Å². The first-order valence-electron chi connectivity index (χ1n) is 12.2. The summed E-state index contributed by atoms with van der Waals surface area (Å²) in [4.78, 5) is 49.2. The van der Waals surface area contributed by atoms with Crippen LogP contribution in [-0.4, -0.2) is 32.4 Å². The lowest BCUT2D eigenvalue weighted by molar-refractivity contribution is -0.119. The van der Waals surface area contributed by atoms with Gasteiger partial charge in [-0.05, 0) is 43.0 Å². The summed E-state index contributed by atoms with van der Waals surface area (Å²) in [5.74, 6) is -1.37. The smallest absolute Gasteiger partial charge is 0.341 e. The Labute approximate surface area is 208 Å². The molecular formula is C28H30N4O4. The summed E-state index contributed by atoms with van der Waals surface area (Å²) >= 11 is 0. The fourth-order valence-electron chi connectivity index (χ4n) is 4.32. The average Bonchev–Trinajstić information content (AvgIpc) is 2.86. The van der Waals surface area contributed by atoms with Gasteiger partial charge in [0.2, 0.25) is 0 Å². The highest BCUT2D eigenvalue weighted by atomic mass is 16.5. The molecule has 0 N–H and O–H groups in total. The second kappa shape index (κ2) is 10.7. The molecule has 4 aromatic rings. The number of fused-ring (bicyclic) bond motifs is 2. The standard InChI is InChI=1S/C28H30N4O4/c1-5-20(19-12-8-7-9-13-19)26(33)30-25-22(28(35)36-6-2)16-21-24(32(25)17-18(3)4)29-23-14-10-11-15-31(23)27(21)34/h7-16,18,20H,5-6,17H2,1-4H3/t20-/m0/s1. The monoisotopic (exact) mass is 486 g/mol. The van der Waals surface area contributed by atoms with E-state index < -0.39 is 11.9 Å². The van der Waals surface area contributed by atoms with Crippen molar-refractivity contribution in [2.45, 2.75) is 46.6 Å². The average molecular weight is 487 g/mol. The summed E-state index contributed by atoms with van der Waals surface area (Å²) in [6.45, 7) is 8.19. The molecule has 0 spiro atoms. The van der Waals surface area contributed by atoms with E-state index in [-0.39, 0.29) is 40.4 Å². The Bertz CT molecular complexity index is 1550. The van der Waals surface area contributed by atoms with E-state index >= 15 is 0 Å². The van der Waals surface area contributed by atoms with Gasteiger partial charge in [-0.3, -0.25) is 14.0 Å². The van der Waals surface area contributed by atoms with Crippen molar-refractivity contribution < 1.29 is 14.3 Å². The number of carbonyl (C=O) groups is 2. The molecule has 0 unspecified atom stereocenters. The Morgan fingerprint density at radius 1 is 1.06 bits per heavy atom. The number of ether oxygens (including phenoxy) is 1. The summed E-state index contributed by atoms with van der Waals surface area (Å²) < 4.78 is 8.44. The number of aromatic nitrogens is 3. The minimum atomic E-state index is -0.645. The molecule has 4 rings (SSSR count). The molecule has 0 aliphatic carbocycles. The topological polar surface area (TPSA) is 95.0 Å². The zero-order valence-corrected chi connectivity index (χ0v) is 21.0. The van der Waals surface area contributed by atoms with Crippen LogP contribution in [0, 0.1) is 5.92 Å². The zero-order chi connectivity index (χ0) is 25.8. The third kappa shape index (κ3) is 4.84. The van der Waals surface area contributed by atoms with Crippen molar-refractivity contribution in [3.63, 3.8) is 0 Å². The quantitative estimate of drug-likeness (QED) is 0.290. The van der Waals surface area contributed by atoms with Crippen LogP contribution in [0.3, 0.4) is 0 Å². The Kier molecular flexibility index (Phi) is 7.43. The van der Waals surface area contributed by atoms with Crippen LogP contribution in [0.5, 0.6) is 0 Å². The van der Waals surface area contributed by atoms with Crippen LogP contribution in [0.4, 0.5) is 0 Å². The number of carbonyl (C=O) groups excluding carboxylic acids is 2. The van der Waals surface area contributed by atoms with Gasteiger partial charge in [0.15, 0.2) is 5.49 Å². The van der Waals surface area contributed by atoms with Crippen molar-refractivity contribution in [3.8, 4) is 0 Å². The van der Waals surface area contributed by atoms with Crippen LogP contribution in [0.25, 0.3) is 16.7 Å². The number of nitrogens with zero attached hydrogens (tertiary/aromatic N) is 4. The molecule has 36 heavy (non-hydrogen) atoms. The molecular weight excluding hydrogens is 456 g/mol. The van der Waals surface area contributed by atoms with Gasteiger partial charge in [0.25, 0.3) is 11.5 Å². The highest BCUT2D eigenvalue weighted by Gasteiger charge is 2.23. The summed E-state index contributed by atoms with van der Waals surface area (Å²) in [5, 5.41) is 0.254. The van der Waals surface area contributed by atoms with Gasteiger partial charge in [0.05, 0.1) is 17.9 Å². The molecule has 3 heterocycles. The molecule has 1 amide bonds. The molecule has 1 aromatic carbocycles. The Balaban J connectivity index is 2.09. The third-order valence-corrected chi connectivity index (χ3v) is 5.96. The fourth-order valence-corrected chi connectivity index (χ4v) is 4.32. The Morgan fingerprint density at radius 2 is 1.78 bits per heavy atom. The van der Waals surface area contributed by atoms with E-state index in [0.29, 0.717) is 24.3 Å². The number of hydrogen-bond donors (Lipinski definition) is 0. The van der Waals surface area contributed by atoms with E-state index in [4.69, 9.17) is 9.72 Å². The first kappa shape index (κ1) is 25.0. The molecule has 0 saturated carbocycles. The number of hydrogen-bond acceptors (Lipinski definition) is 5. The van der Waals surface area contributed by atoms with Gasteiger partial charge in [-0.2, -0.15) is 4.99 Å². The van der Waals surface area contributed by atoms with Gasteiger partial charge >= 0.3 is 5.97 Å². The highest BCUT2D eigenvalue weighted by Crippen LogP contribution is 2.21. The van der Waals surface area contributed by atoms with Crippen molar-refractivity contribution in [1.82, 2.24) is 14.0 Å². The van der Waals surface area contributed by atoms with Crippen LogP contribution in [0.1, 0.15) is 56.0 Å². The molecule has 0 saturated heterocycles. The van der Waals surface area contributed by atoms with Gasteiger partial charge < -0.3 is 9.30 Å². The first-order chi connectivity index (χ1) is 17.3. The summed E-state index contributed by atoms with van der Waals surface area (Å²) in [6, 6.07) is 16.2. The number of esters is 1. The lowest BCUT2D eigenvalue weighted by Crippen LogP contribution is -2.34. The second-order valence-corrected chi connectivity index (χ2v) is 9.01. The van der Waals surface area contributed by atoms with Crippen molar-refractivity contribution in [2.24, 2.45) is 10.9 Å².